The number of nitrogens with zero attached hydrogens (tertiary/aromatic N) is 2. The summed E-state index contributed by atoms with van der Waals surface area (Å²) < 4.78 is 0. The quantitative estimate of drug-likeness (QED) is 0.495. The monoisotopic (exact) mass is 399 g/mol. The van der Waals surface area contributed by atoms with E-state index in [4.69, 9.17) is 23.2 Å². The van der Waals surface area contributed by atoms with E-state index in [1.807, 2.05) is 37.4 Å². The average molecular weight is 400 g/mol. The number of nitriles is 1. The van der Waals surface area contributed by atoms with Gasteiger partial charge in [0.25, 0.3) is 0 Å². The molecule has 0 bridgehead atoms. The topological polar surface area (TPSA) is 48.7 Å². The van der Waals surface area contributed by atoms with Crippen LogP contribution in [0.4, 0.5) is 5.69 Å². The maximum atomic E-state index is 9.52. The minimum Gasteiger partial charge on any atom is -0.360 e. The van der Waals surface area contributed by atoms with Crippen molar-refractivity contribution in [3.8, 4) is 17.3 Å². The van der Waals surface area contributed by atoms with Gasteiger partial charge in [0.1, 0.15) is 16.6 Å². The average Bonchev–Trinajstić information content (AvgIpc) is 3.08. The minimum atomic E-state index is 0.465. The van der Waals surface area contributed by atoms with Gasteiger partial charge in [-0.15, -0.1) is 11.3 Å². The zero-order valence-corrected chi connectivity index (χ0v) is 16.5. The molecular weight excluding hydrogens is 385 g/mol. The SMILES string of the molecule is Cc1ccc(C)c(N/C=C(\C#N)c2nc(-c3ccc(Cl)cc3Cl)cs2)c1. The van der Waals surface area contributed by atoms with E-state index in [0.29, 0.717) is 20.6 Å². The molecule has 0 amide bonds. The van der Waals surface area contributed by atoms with Crippen LogP contribution in [0.5, 0.6) is 0 Å². The number of aromatic nitrogens is 1. The van der Waals surface area contributed by atoms with Crippen LogP contribution in [-0.4, -0.2) is 4.98 Å². The van der Waals surface area contributed by atoms with Crippen LogP contribution in [0.25, 0.3) is 16.8 Å². The lowest BCUT2D eigenvalue weighted by Crippen LogP contribution is -1.94. The summed E-state index contributed by atoms with van der Waals surface area (Å²) in [5, 5.41) is 16.3. The van der Waals surface area contributed by atoms with Crippen LogP contribution in [0, 0.1) is 25.2 Å². The van der Waals surface area contributed by atoms with E-state index in [0.717, 1.165) is 28.1 Å². The number of aryl methyl sites for hydroxylation is 2. The first-order valence-electron chi connectivity index (χ1n) is 7.83. The number of benzene rings is 2. The molecule has 1 N–H and O–H groups in total. The van der Waals surface area contributed by atoms with E-state index >= 15 is 0 Å². The second kappa shape index (κ2) is 7.92. The molecule has 0 aliphatic carbocycles. The fraction of sp³-hybridized carbons (Fsp3) is 0.100. The number of halogens is 2. The Morgan fingerprint density at radius 2 is 2.00 bits per heavy atom. The van der Waals surface area contributed by atoms with Crippen molar-refractivity contribution >= 4 is 45.8 Å². The number of anilines is 1. The molecule has 6 heteroatoms. The normalized spacial score (nSPS) is 11.3. The van der Waals surface area contributed by atoms with Crippen molar-refractivity contribution in [2.75, 3.05) is 5.32 Å². The number of nitrogens with one attached hydrogen (secondary N) is 1. The van der Waals surface area contributed by atoms with Crippen LogP contribution in [-0.2, 0) is 0 Å². The molecule has 130 valence electrons. The molecule has 3 nitrogen and oxygen atoms in total. The predicted octanol–water partition coefficient (Wildman–Crippen LogP) is 6.71. The van der Waals surface area contributed by atoms with Crippen molar-refractivity contribution in [2.45, 2.75) is 13.8 Å². The minimum absolute atomic E-state index is 0.465. The Hall–Kier alpha value is -2.32. The first-order chi connectivity index (χ1) is 12.5. The van der Waals surface area contributed by atoms with Gasteiger partial charge < -0.3 is 5.32 Å². The summed E-state index contributed by atoms with van der Waals surface area (Å²) in [5.74, 6) is 0. The Balaban J connectivity index is 1.88. The van der Waals surface area contributed by atoms with Crippen LogP contribution in [0.2, 0.25) is 10.0 Å². The van der Waals surface area contributed by atoms with E-state index in [1.54, 1.807) is 18.3 Å². The van der Waals surface area contributed by atoms with Crippen molar-refractivity contribution in [1.29, 1.82) is 5.26 Å². The maximum Gasteiger partial charge on any atom is 0.136 e. The molecule has 26 heavy (non-hydrogen) atoms. The first kappa shape index (κ1) is 18.5. The summed E-state index contributed by atoms with van der Waals surface area (Å²) in [7, 11) is 0. The standard InChI is InChI=1S/C20H15Cl2N3S/c1-12-3-4-13(2)18(7-12)24-10-14(9-23)20-25-19(11-26-20)16-6-5-15(21)8-17(16)22/h3-8,10-11,24H,1-2H3/b14-10+. The lowest BCUT2D eigenvalue weighted by molar-refractivity contribution is 1.35. The largest absolute Gasteiger partial charge is 0.360 e. The highest BCUT2D eigenvalue weighted by Gasteiger charge is 2.12. The smallest absolute Gasteiger partial charge is 0.136 e. The van der Waals surface area contributed by atoms with Crippen LogP contribution in [0.15, 0.2) is 48.0 Å². The molecule has 0 unspecified atom stereocenters. The third-order valence-electron chi connectivity index (χ3n) is 3.83. The fourth-order valence-corrected chi connectivity index (χ4v) is 3.69. The highest BCUT2D eigenvalue weighted by molar-refractivity contribution is 7.11. The summed E-state index contributed by atoms with van der Waals surface area (Å²) in [6, 6.07) is 13.6. The van der Waals surface area contributed by atoms with Gasteiger partial charge in [-0.05, 0) is 49.2 Å². The molecule has 3 rings (SSSR count). The van der Waals surface area contributed by atoms with Crippen molar-refractivity contribution < 1.29 is 0 Å². The van der Waals surface area contributed by atoms with Crippen molar-refractivity contribution in [3.05, 3.63) is 74.2 Å². The second-order valence-corrected chi connectivity index (χ2v) is 7.50. The molecule has 0 fully saturated rings. The van der Waals surface area contributed by atoms with Gasteiger partial charge in [0.05, 0.1) is 10.7 Å². The molecule has 0 spiro atoms. The van der Waals surface area contributed by atoms with Gasteiger partial charge in [0, 0.05) is 27.9 Å². The maximum absolute atomic E-state index is 9.52. The van der Waals surface area contributed by atoms with Crippen LogP contribution in [0.1, 0.15) is 16.1 Å². The first-order valence-corrected chi connectivity index (χ1v) is 9.47. The van der Waals surface area contributed by atoms with Crippen molar-refractivity contribution in [2.24, 2.45) is 0 Å². The molecule has 0 saturated carbocycles. The van der Waals surface area contributed by atoms with E-state index in [9.17, 15) is 5.26 Å². The van der Waals surface area contributed by atoms with Crippen LogP contribution >= 0.6 is 34.5 Å². The van der Waals surface area contributed by atoms with Crippen LogP contribution in [0.3, 0.4) is 0 Å². The Kier molecular flexibility index (Phi) is 5.63. The van der Waals surface area contributed by atoms with Crippen molar-refractivity contribution in [3.63, 3.8) is 0 Å². The third-order valence-corrected chi connectivity index (χ3v) is 5.25. The van der Waals surface area contributed by atoms with Gasteiger partial charge in [-0.25, -0.2) is 4.98 Å². The summed E-state index contributed by atoms with van der Waals surface area (Å²) in [6.45, 7) is 4.05. The summed E-state index contributed by atoms with van der Waals surface area (Å²) in [4.78, 5) is 4.55. The Morgan fingerprint density at radius 3 is 2.73 bits per heavy atom. The molecule has 1 heterocycles. The molecule has 0 aliphatic heterocycles. The molecule has 0 aliphatic rings. The van der Waals surface area contributed by atoms with Gasteiger partial charge in [0.15, 0.2) is 0 Å². The van der Waals surface area contributed by atoms with Gasteiger partial charge in [-0.1, -0.05) is 35.3 Å². The lowest BCUT2D eigenvalue weighted by Gasteiger charge is -2.07. The van der Waals surface area contributed by atoms with Gasteiger partial charge in [-0.3, -0.25) is 0 Å². The molecule has 2 aromatic carbocycles. The number of allylic oxidation sites excluding steroid dienone is 1. The molecule has 0 radical (unpaired) electrons. The van der Waals surface area contributed by atoms with Gasteiger partial charge >= 0.3 is 0 Å². The summed E-state index contributed by atoms with van der Waals surface area (Å²) >= 11 is 13.6. The molecule has 1 aromatic heterocycles. The molecule has 0 saturated heterocycles. The van der Waals surface area contributed by atoms with Gasteiger partial charge in [0.2, 0.25) is 0 Å². The van der Waals surface area contributed by atoms with Gasteiger partial charge in [-0.2, -0.15) is 5.26 Å². The predicted molar refractivity (Wildman–Crippen MR) is 111 cm³/mol. The van der Waals surface area contributed by atoms with E-state index in [2.05, 4.69) is 22.4 Å². The number of hydrogen-bond acceptors (Lipinski definition) is 4. The Labute approximate surface area is 166 Å². The van der Waals surface area contributed by atoms with Crippen LogP contribution < -0.4 is 5.32 Å². The summed E-state index contributed by atoms with van der Waals surface area (Å²) in [5.41, 5.74) is 5.20. The Bertz CT molecular complexity index is 1030. The summed E-state index contributed by atoms with van der Waals surface area (Å²) in [6.07, 6.45) is 1.69. The second-order valence-electron chi connectivity index (χ2n) is 5.79. The van der Waals surface area contributed by atoms with E-state index in [-0.39, 0.29) is 0 Å². The van der Waals surface area contributed by atoms with E-state index < -0.39 is 0 Å². The fourth-order valence-electron chi connectivity index (χ4n) is 2.40. The number of thiazole rings is 1. The molecule has 0 atom stereocenters. The molecule has 3 aromatic rings. The van der Waals surface area contributed by atoms with Crippen molar-refractivity contribution in [1.82, 2.24) is 4.98 Å². The third kappa shape index (κ3) is 4.08. The zero-order valence-electron chi connectivity index (χ0n) is 14.2. The number of hydrogen-bond donors (Lipinski definition) is 1. The Morgan fingerprint density at radius 1 is 1.19 bits per heavy atom. The highest BCUT2D eigenvalue weighted by Crippen LogP contribution is 2.32. The highest BCUT2D eigenvalue weighted by atomic mass is 35.5. The van der Waals surface area contributed by atoms with E-state index in [1.165, 1.54) is 11.3 Å². The molecular formula is C20H15Cl2N3S. The number of rotatable bonds is 4. The zero-order chi connectivity index (χ0) is 18.7. The lowest BCUT2D eigenvalue weighted by atomic mass is 10.1.